The Hall–Kier alpha value is -1.50. The summed E-state index contributed by atoms with van der Waals surface area (Å²) in [6.45, 7) is 0. The highest BCUT2D eigenvalue weighted by molar-refractivity contribution is 9.10. The first kappa shape index (κ1) is 10.6. The lowest BCUT2D eigenvalue weighted by Crippen LogP contribution is -2.16. The fourth-order valence-electron chi connectivity index (χ4n) is 1.56. The number of halogens is 2. The van der Waals surface area contributed by atoms with Gasteiger partial charge in [0.1, 0.15) is 10.8 Å². The molecule has 0 spiro atoms. The van der Waals surface area contributed by atoms with E-state index in [-0.39, 0.29) is 11.9 Å². The second-order valence-corrected chi connectivity index (χ2v) is 4.71. The maximum atomic E-state index is 12.7. The van der Waals surface area contributed by atoms with Crippen LogP contribution in [0.4, 0.5) is 10.3 Å². The molecule has 3 rings (SSSR count). The summed E-state index contributed by atoms with van der Waals surface area (Å²) in [5.74, 6) is -0.699. The number of nitrogens with one attached hydrogen (secondary N) is 1. The normalized spacial score (nSPS) is 22.7. The summed E-state index contributed by atoms with van der Waals surface area (Å²) in [6, 6.07) is 5.40. The van der Waals surface area contributed by atoms with Crippen molar-refractivity contribution >= 4 is 33.4 Å². The fourth-order valence-corrected chi connectivity index (χ4v) is 1.98. The largest absolute Gasteiger partial charge is 0.293 e. The summed E-state index contributed by atoms with van der Waals surface area (Å²) in [5, 5.41) is 6.60. The first-order valence-electron chi connectivity index (χ1n) is 5.11. The van der Waals surface area contributed by atoms with Crippen LogP contribution in [0.1, 0.15) is 6.42 Å². The van der Waals surface area contributed by atoms with E-state index in [2.05, 4.69) is 31.3 Å². The van der Waals surface area contributed by atoms with Gasteiger partial charge in [0.2, 0.25) is 11.9 Å². The van der Waals surface area contributed by atoms with Crippen LogP contribution in [-0.4, -0.2) is 26.7 Å². The van der Waals surface area contributed by atoms with Crippen LogP contribution in [0.3, 0.4) is 0 Å². The van der Waals surface area contributed by atoms with Crippen molar-refractivity contribution in [1.29, 1.82) is 0 Å². The molecule has 2 aromatic rings. The smallest absolute Gasteiger partial charge is 0.249 e. The molecule has 2 atom stereocenters. The molecule has 1 fully saturated rings. The molecule has 0 bridgehead atoms. The molecule has 1 aliphatic rings. The number of aromatic nitrogens is 3. The molecular formula is C10H8BrFN4O. The molecular weight excluding hydrogens is 291 g/mol. The number of anilines is 1. The third kappa shape index (κ3) is 1.90. The summed E-state index contributed by atoms with van der Waals surface area (Å²) in [4.78, 5) is 15.6. The number of hydrogen-bond acceptors (Lipinski definition) is 3. The second kappa shape index (κ2) is 3.76. The zero-order valence-corrected chi connectivity index (χ0v) is 10.2. The molecule has 5 nitrogen and oxygen atoms in total. The van der Waals surface area contributed by atoms with Gasteiger partial charge in [-0.25, -0.2) is 8.91 Å². The third-order valence-electron chi connectivity index (χ3n) is 2.60. The maximum Gasteiger partial charge on any atom is 0.249 e. The predicted molar refractivity (Wildman–Crippen MR) is 62.3 cm³/mol. The highest BCUT2D eigenvalue weighted by Gasteiger charge is 2.44. The van der Waals surface area contributed by atoms with Crippen LogP contribution in [0.5, 0.6) is 0 Å². The van der Waals surface area contributed by atoms with Crippen LogP contribution in [0.15, 0.2) is 22.8 Å². The van der Waals surface area contributed by atoms with E-state index < -0.39 is 12.1 Å². The number of rotatable bonds is 2. The quantitative estimate of drug-likeness (QED) is 0.860. The fraction of sp³-hybridized carbons (Fsp3) is 0.300. The molecule has 2 aromatic heterocycles. The molecule has 1 amide bonds. The number of amides is 1. The molecule has 1 aliphatic carbocycles. The van der Waals surface area contributed by atoms with E-state index in [0.29, 0.717) is 12.1 Å². The SMILES string of the molecule is O=C(Nc1nc2cccc(Br)n2n1)C1CC1F. The van der Waals surface area contributed by atoms with Gasteiger partial charge in [0.15, 0.2) is 5.65 Å². The second-order valence-electron chi connectivity index (χ2n) is 3.90. The summed E-state index contributed by atoms with van der Waals surface area (Å²) < 4.78 is 15.0. The standard InChI is InChI=1S/C10H8BrFN4O/c11-7-2-1-3-8-13-10(15-16(7)8)14-9(17)5-4-6(5)12/h1-3,5-6H,4H2,(H,14,15,17). The summed E-state index contributed by atoms with van der Waals surface area (Å²) >= 11 is 3.31. The molecule has 2 heterocycles. The zero-order chi connectivity index (χ0) is 12.0. The molecule has 88 valence electrons. The number of alkyl halides is 1. The molecule has 0 radical (unpaired) electrons. The predicted octanol–water partition coefficient (Wildman–Crippen LogP) is 1.79. The van der Waals surface area contributed by atoms with E-state index >= 15 is 0 Å². The Balaban J connectivity index is 1.86. The van der Waals surface area contributed by atoms with E-state index in [1.54, 1.807) is 10.6 Å². The van der Waals surface area contributed by atoms with Crippen LogP contribution in [0.2, 0.25) is 0 Å². The van der Waals surface area contributed by atoms with Crippen molar-refractivity contribution in [2.24, 2.45) is 5.92 Å². The van der Waals surface area contributed by atoms with Gasteiger partial charge in [0.25, 0.3) is 0 Å². The van der Waals surface area contributed by atoms with Crippen molar-refractivity contribution in [3.05, 3.63) is 22.8 Å². The maximum absolute atomic E-state index is 12.7. The molecule has 0 aliphatic heterocycles. The molecule has 0 aromatic carbocycles. The van der Waals surface area contributed by atoms with Gasteiger partial charge >= 0.3 is 0 Å². The monoisotopic (exact) mass is 298 g/mol. The minimum Gasteiger partial charge on any atom is -0.293 e. The molecule has 7 heteroatoms. The lowest BCUT2D eigenvalue weighted by atomic mass is 10.4. The molecule has 17 heavy (non-hydrogen) atoms. The Morgan fingerprint density at radius 3 is 3.00 bits per heavy atom. The number of carbonyl (C=O) groups is 1. The van der Waals surface area contributed by atoms with E-state index in [1.165, 1.54) is 0 Å². The number of hydrogen-bond donors (Lipinski definition) is 1. The minimum atomic E-state index is -1.02. The third-order valence-corrected chi connectivity index (χ3v) is 3.20. The van der Waals surface area contributed by atoms with Gasteiger partial charge in [0, 0.05) is 0 Å². The van der Waals surface area contributed by atoms with Gasteiger partial charge in [-0.05, 0) is 34.5 Å². The molecule has 0 saturated heterocycles. The molecule has 1 saturated carbocycles. The lowest BCUT2D eigenvalue weighted by Gasteiger charge is -1.96. The first-order valence-corrected chi connectivity index (χ1v) is 5.90. The van der Waals surface area contributed by atoms with Crippen molar-refractivity contribution < 1.29 is 9.18 Å². The topological polar surface area (TPSA) is 59.3 Å². The Labute approximate surface area is 104 Å². The Kier molecular flexibility index (Phi) is 2.36. The van der Waals surface area contributed by atoms with E-state index in [0.717, 1.165) is 4.60 Å². The van der Waals surface area contributed by atoms with Crippen LogP contribution >= 0.6 is 15.9 Å². The van der Waals surface area contributed by atoms with Crippen molar-refractivity contribution in [2.75, 3.05) is 5.32 Å². The molecule has 2 unspecified atom stereocenters. The average Bonchev–Trinajstić information content (AvgIpc) is 2.87. The number of fused-ring (bicyclic) bond motifs is 1. The summed E-state index contributed by atoms with van der Waals surface area (Å²) in [6.07, 6.45) is -0.720. The Morgan fingerprint density at radius 1 is 1.59 bits per heavy atom. The Morgan fingerprint density at radius 2 is 2.35 bits per heavy atom. The molecule has 1 N–H and O–H groups in total. The number of nitrogens with zero attached hydrogens (tertiary/aromatic N) is 3. The van der Waals surface area contributed by atoms with Crippen molar-refractivity contribution in [1.82, 2.24) is 14.6 Å². The summed E-state index contributed by atoms with van der Waals surface area (Å²) in [5.41, 5.74) is 0.613. The van der Waals surface area contributed by atoms with Gasteiger partial charge in [-0.3, -0.25) is 10.1 Å². The first-order chi connectivity index (χ1) is 8.15. The van der Waals surface area contributed by atoms with Crippen LogP contribution in [-0.2, 0) is 4.79 Å². The van der Waals surface area contributed by atoms with E-state index in [4.69, 9.17) is 0 Å². The van der Waals surface area contributed by atoms with E-state index in [1.807, 2.05) is 12.1 Å². The highest BCUT2D eigenvalue weighted by atomic mass is 79.9. The van der Waals surface area contributed by atoms with Gasteiger partial charge < -0.3 is 0 Å². The van der Waals surface area contributed by atoms with Gasteiger partial charge in [-0.1, -0.05) is 6.07 Å². The highest BCUT2D eigenvalue weighted by Crippen LogP contribution is 2.34. The van der Waals surface area contributed by atoms with E-state index in [9.17, 15) is 9.18 Å². The van der Waals surface area contributed by atoms with Crippen molar-refractivity contribution in [3.8, 4) is 0 Å². The summed E-state index contributed by atoms with van der Waals surface area (Å²) in [7, 11) is 0. The van der Waals surface area contributed by atoms with Crippen LogP contribution < -0.4 is 5.32 Å². The van der Waals surface area contributed by atoms with Gasteiger partial charge in [0.05, 0.1) is 5.92 Å². The Bertz CT molecular complexity index is 599. The lowest BCUT2D eigenvalue weighted by molar-refractivity contribution is -0.117. The number of carbonyl (C=O) groups excluding carboxylic acids is 1. The van der Waals surface area contributed by atoms with Crippen LogP contribution in [0.25, 0.3) is 5.65 Å². The minimum absolute atomic E-state index is 0.195. The number of pyridine rings is 1. The van der Waals surface area contributed by atoms with Crippen LogP contribution in [0, 0.1) is 5.92 Å². The zero-order valence-electron chi connectivity index (χ0n) is 8.60. The van der Waals surface area contributed by atoms with Crippen molar-refractivity contribution in [2.45, 2.75) is 12.6 Å². The van der Waals surface area contributed by atoms with Crippen molar-refractivity contribution in [3.63, 3.8) is 0 Å². The van der Waals surface area contributed by atoms with Gasteiger partial charge in [-0.2, -0.15) is 4.98 Å². The van der Waals surface area contributed by atoms with Gasteiger partial charge in [-0.15, -0.1) is 5.10 Å². The average molecular weight is 299 g/mol.